The lowest BCUT2D eigenvalue weighted by molar-refractivity contribution is 0.0954. The van der Waals surface area contributed by atoms with E-state index in [1.54, 1.807) is 30.3 Å². The van der Waals surface area contributed by atoms with Gasteiger partial charge in [0.2, 0.25) is 0 Å². The van der Waals surface area contributed by atoms with Crippen LogP contribution in [-0.2, 0) is 0 Å². The minimum Gasteiger partial charge on any atom is -0.371 e. The van der Waals surface area contributed by atoms with Gasteiger partial charge in [-0.3, -0.25) is 4.79 Å². The van der Waals surface area contributed by atoms with Crippen LogP contribution >= 0.6 is 23.2 Å². The van der Waals surface area contributed by atoms with E-state index >= 15 is 0 Å². The maximum atomic E-state index is 12.7. The Morgan fingerprint density at radius 2 is 1.62 bits per heavy atom. The molecule has 3 amide bonds. The van der Waals surface area contributed by atoms with Gasteiger partial charge in [0.15, 0.2) is 0 Å². The zero-order valence-electron chi connectivity index (χ0n) is 16.2. The number of nitrogens with one attached hydrogen (secondary N) is 3. The van der Waals surface area contributed by atoms with Gasteiger partial charge in [0.05, 0.1) is 15.6 Å². The molecular weight excluding hydrogens is 411 g/mol. The third kappa shape index (κ3) is 5.55. The first kappa shape index (κ1) is 21.3. The van der Waals surface area contributed by atoms with Gasteiger partial charge < -0.3 is 20.9 Å². The number of hydrogen-bond acceptors (Lipinski definition) is 3. The van der Waals surface area contributed by atoms with Crippen molar-refractivity contribution in [3.05, 3.63) is 52.0 Å². The summed E-state index contributed by atoms with van der Waals surface area (Å²) >= 11 is 11.9. The molecule has 8 heteroatoms. The Morgan fingerprint density at radius 3 is 2.28 bits per heavy atom. The first-order chi connectivity index (χ1) is 14.0. The lowest BCUT2D eigenvalue weighted by Crippen LogP contribution is -2.28. The van der Waals surface area contributed by atoms with Crippen LogP contribution in [0.3, 0.4) is 0 Å². The van der Waals surface area contributed by atoms with Crippen LogP contribution in [0.15, 0.2) is 36.4 Å². The van der Waals surface area contributed by atoms with E-state index in [4.69, 9.17) is 23.2 Å². The SMILES string of the molecule is CCCNC(=O)c1cc(NC(=O)Nc2ccc(Cl)c(Cl)c2)ccc1N1CCCC1. The largest absolute Gasteiger partial charge is 0.371 e. The van der Waals surface area contributed by atoms with Gasteiger partial charge in [-0.05, 0) is 55.7 Å². The highest BCUT2D eigenvalue weighted by molar-refractivity contribution is 6.42. The van der Waals surface area contributed by atoms with Crippen LogP contribution in [0.25, 0.3) is 0 Å². The highest BCUT2D eigenvalue weighted by atomic mass is 35.5. The van der Waals surface area contributed by atoms with Crippen molar-refractivity contribution in [1.82, 2.24) is 5.32 Å². The molecule has 0 atom stereocenters. The molecule has 3 N–H and O–H groups in total. The summed E-state index contributed by atoms with van der Waals surface area (Å²) in [7, 11) is 0. The van der Waals surface area contributed by atoms with Crippen LogP contribution in [0, 0.1) is 0 Å². The Balaban J connectivity index is 1.76. The molecular formula is C21H24Cl2N4O2. The molecule has 3 rings (SSSR count). The van der Waals surface area contributed by atoms with Crippen LogP contribution < -0.4 is 20.9 Å². The molecule has 1 fully saturated rings. The highest BCUT2D eigenvalue weighted by Crippen LogP contribution is 2.28. The van der Waals surface area contributed by atoms with E-state index in [1.165, 1.54) is 0 Å². The van der Waals surface area contributed by atoms with Crippen molar-refractivity contribution in [3.63, 3.8) is 0 Å². The Morgan fingerprint density at radius 1 is 0.966 bits per heavy atom. The number of urea groups is 1. The number of carbonyl (C=O) groups excluding carboxylic acids is 2. The summed E-state index contributed by atoms with van der Waals surface area (Å²) in [6.45, 7) is 4.47. The first-order valence-electron chi connectivity index (χ1n) is 9.68. The van der Waals surface area contributed by atoms with Crippen molar-refractivity contribution < 1.29 is 9.59 Å². The Kier molecular flexibility index (Phi) is 7.23. The van der Waals surface area contributed by atoms with Crippen LogP contribution in [-0.4, -0.2) is 31.6 Å². The Hall–Kier alpha value is -2.44. The van der Waals surface area contributed by atoms with Gasteiger partial charge in [-0.15, -0.1) is 0 Å². The Bertz CT molecular complexity index is 898. The quantitative estimate of drug-likeness (QED) is 0.571. The molecule has 2 aromatic rings. The first-order valence-corrected chi connectivity index (χ1v) is 10.4. The van der Waals surface area contributed by atoms with Gasteiger partial charge in [-0.2, -0.15) is 0 Å². The minimum atomic E-state index is -0.433. The van der Waals surface area contributed by atoms with E-state index in [0.29, 0.717) is 33.5 Å². The monoisotopic (exact) mass is 434 g/mol. The third-order valence-corrected chi connectivity index (χ3v) is 5.40. The summed E-state index contributed by atoms with van der Waals surface area (Å²) in [4.78, 5) is 27.3. The summed E-state index contributed by atoms with van der Waals surface area (Å²) in [6, 6.07) is 9.82. The Labute approximate surface area is 180 Å². The maximum absolute atomic E-state index is 12.7. The summed E-state index contributed by atoms with van der Waals surface area (Å²) in [5, 5.41) is 9.17. The number of anilines is 3. The molecule has 0 bridgehead atoms. The fourth-order valence-electron chi connectivity index (χ4n) is 3.23. The van der Waals surface area contributed by atoms with Gasteiger partial charge in [0.25, 0.3) is 5.91 Å². The number of rotatable bonds is 6. The number of halogens is 2. The van der Waals surface area contributed by atoms with Crippen molar-refractivity contribution >= 4 is 52.2 Å². The van der Waals surface area contributed by atoms with Crippen molar-refractivity contribution in [2.45, 2.75) is 26.2 Å². The zero-order valence-corrected chi connectivity index (χ0v) is 17.7. The lowest BCUT2D eigenvalue weighted by atomic mass is 10.1. The van der Waals surface area contributed by atoms with Crippen LogP contribution in [0.1, 0.15) is 36.5 Å². The van der Waals surface area contributed by atoms with Crippen LogP contribution in [0.2, 0.25) is 10.0 Å². The van der Waals surface area contributed by atoms with E-state index < -0.39 is 6.03 Å². The van der Waals surface area contributed by atoms with Gasteiger partial charge in [-0.25, -0.2) is 4.79 Å². The van der Waals surface area contributed by atoms with E-state index in [0.717, 1.165) is 38.0 Å². The molecule has 0 aromatic heterocycles. The summed E-state index contributed by atoms with van der Waals surface area (Å²) in [6.07, 6.45) is 3.08. The summed E-state index contributed by atoms with van der Waals surface area (Å²) < 4.78 is 0. The molecule has 1 aliphatic rings. The normalized spacial score (nSPS) is 13.3. The zero-order chi connectivity index (χ0) is 20.8. The lowest BCUT2D eigenvalue weighted by Gasteiger charge is -2.22. The number of benzene rings is 2. The van der Waals surface area contributed by atoms with Gasteiger partial charge in [-0.1, -0.05) is 30.1 Å². The molecule has 6 nitrogen and oxygen atoms in total. The minimum absolute atomic E-state index is 0.137. The second-order valence-corrected chi connectivity index (χ2v) is 7.70. The fourth-order valence-corrected chi connectivity index (χ4v) is 3.53. The van der Waals surface area contributed by atoms with E-state index in [1.807, 2.05) is 13.0 Å². The average Bonchev–Trinajstić information content (AvgIpc) is 3.23. The summed E-state index contributed by atoms with van der Waals surface area (Å²) in [5.41, 5.74) is 2.51. The molecule has 1 aliphatic heterocycles. The second kappa shape index (κ2) is 9.85. The van der Waals surface area contributed by atoms with Crippen molar-refractivity contribution in [1.29, 1.82) is 0 Å². The molecule has 1 saturated heterocycles. The molecule has 0 radical (unpaired) electrons. The summed E-state index contributed by atoms with van der Waals surface area (Å²) in [5.74, 6) is -0.137. The smallest absolute Gasteiger partial charge is 0.323 e. The third-order valence-electron chi connectivity index (χ3n) is 4.66. The molecule has 0 aliphatic carbocycles. The average molecular weight is 435 g/mol. The molecule has 0 spiro atoms. The topological polar surface area (TPSA) is 73.5 Å². The maximum Gasteiger partial charge on any atom is 0.323 e. The van der Waals surface area contributed by atoms with Gasteiger partial charge in [0, 0.05) is 36.7 Å². The molecule has 2 aromatic carbocycles. The van der Waals surface area contributed by atoms with Crippen LogP contribution in [0.5, 0.6) is 0 Å². The van der Waals surface area contributed by atoms with Crippen molar-refractivity contribution in [2.75, 3.05) is 35.2 Å². The number of carbonyl (C=O) groups is 2. The van der Waals surface area contributed by atoms with E-state index in [-0.39, 0.29) is 5.91 Å². The van der Waals surface area contributed by atoms with Crippen molar-refractivity contribution in [3.8, 4) is 0 Å². The number of amides is 3. The van der Waals surface area contributed by atoms with Crippen molar-refractivity contribution in [2.24, 2.45) is 0 Å². The van der Waals surface area contributed by atoms with E-state index in [2.05, 4.69) is 20.9 Å². The molecule has 29 heavy (non-hydrogen) atoms. The molecule has 0 saturated carbocycles. The molecule has 1 heterocycles. The number of nitrogens with zero attached hydrogens (tertiary/aromatic N) is 1. The fraction of sp³-hybridized carbons (Fsp3) is 0.333. The predicted molar refractivity (Wildman–Crippen MR) is 120 cm³/mol. The predicted octanol–water partition coefficient (Wildman–Crippen LogP) is 5.38. The standard InChI is InChI=1S/C21H24Cl2N4O2/c1-2-9-24-20(28)16-12-14(6-8-19(16)27-10-3-4-11-27)25-21(29)26-15-5-7-17(22)18(23)13-15/h5-8,12-13H,2-4,9-11H2,1H3,(H,24,28)(H2,25,26,29). The highest BCUT2D eigenvalue weighted by Gasteiger charge is 2.20. The van der Waals surface area contributed by atoms with Gasteiger partial charge >= 0.3 is 6.03 Å². The molecule has 0 unspecified atom stereocenters. The molecule has 154 valence electrons. The van der Waals surface area contributed by atoms with Crippen LogP contribution in [0.4, 0.5) is 21.9 Å². The van der Waals surface area contributed by atoms with Gasteiger partial charge in [0.1, 0.15) is 0 Å². The number of hydrogen-bond donors (Lipinski definition) is 3. The van der Waals surface area contributed by atoms with E-state index in [9.17, 15) is 9.59 Å². The second-order valence-electron chi connectivity index (χ2n) is 6.89.